The number of amides is 1. The molecule has 6 nitrogen and oxygen atoms in total. The second-order valence-corrected chi connectivity index (χ2v) is 5.15. The Hall–Kier alpha value is -1.14. The number of esters is 1. The lowest BCUT2D eigenvalue weighted by Gasteiger charge is -2.38. The Kier molecular flexibility index (Phi) is 5.10. The molecule has 0 saturated carbocycles. The summed E-state index contributed by atoms with van der Waals surface area (Å²) in [6.07, 6.45) is 0. The normalized spacial score (nSPS) is 18.9. The third kappa shape index (κ3) is 3.96. The molecular formula is C12H22N2O4. The standard InChI is InChI=1S/C12H22N2O4/c1-8(2)10(11(16)17-4)14-9(15)5-18-12(3)6-13-7-12/h8,10,13H,5-7H2,1-4H3,(H,14,15). The molecule has 0 bridgehead atoms. The van der Waals surface area contributed by atoms with Crippen molar-refractivity contribution in [1.29, 1.82) is 0 Å². The van der Waals surface area contributed by atoms with Gasteiger partial charge >= 0.3 is 5.97 Å². The summed E-state index contributed by atoms with van der Waals surface area (Å²) in [5, 5.41) is 5.71. The van der Waals surface area contributed by atoms with E-state index in [0.29, 0.717) is 0 Å². The van der Waals surface area contributed by atoms with E-state index >= 15 is 0 Å². The number of nitrogens with one attached hydrogen (secondary N) is 2. The van der Waals surface area contributed by atoms with Gasteiger partial charge in [-0.15, -0.1) is 0 Å². The number of carbonyl (C=O) groups is 2. The zero-order valence-electron chi connectivity index (χ0n) is 11.4. The quantitative estimate of drug-likeness (QED) is 0.638. The van der Waals surface area contributed by atoms with E-state index in [4.69, 9.17) is 4.74 Å². The first-order chi connectivity index (χ1) is 8.38. The zero-order valence-corrected chi connectivity index (χ0v) is 11.4. The first-order valence-electron chi connectivity index (χ1n) is 6.10. The molecule has 1 amide bonds. The monoisotopic (exact) mass is 258 g/mol. The molecule has 0 aliphatic carbocycles. The van der Waals surface area contributed by atoms with Crippen molar-refractivity contribution < 1.29 is 19.1 Å². The van der Waals surface area contributed by atoms with Crippen LogP contribution in [0, 0.1) is 5.92 Å². The third-order valence-electron chi connectivity index (χ3n) is 2.99. The lowest BCUT2D eigenvalue weighted by Crippen LogP contribution is -2.60. The van der Waals surface area contributed by atoms with Gasteiger partial charge in [-0.2, -0.15) is 0 Å². The number of rotatable bonds is 6. The molecular weight excluding hydrogens is 236 g/mol. The summed E-state index contributed by atoms with van der Waals surface area (Å²) < 4.78 is 10.1. The Morgan fingerprint density at radius 3 is 2.39 bits per heavy atom. The number of hydrogen-bond acceptors (Lipinski definition) is 5. The number of ether oxygens (including phenoxy) is 2. The topological polar surface area (TPSA) is 76.7 Å². The fraction of sp³-hybridized carbons (Fsp3) is 0.833. The highest BCUT2D eigenvalue weighted by Crippen LogP contribution is 2.14. The first kappa shape index (κ1) is 14.9. The second kappa shape index (κ2) is 6.15. The van der Waals surface area contributed by atoms with Gasteiger partial charge in [0.2, 0.25) is 5.91 Å². The summed E-state index contributed by atoms with van der Waals surface area (Å²) in [6.45, 7) is 7.07. The van der Waals surface area contributed by atoms with Gasteiger partial charge in [-0.3, -0.25) is 4.79 Å². The van der Waals surface area contributed by atoms with Crippen LogP contribution in [-0.4, -0.2) is 50.3 Å². The highest BCUT2D eigenvalue weighted by atomic mass is 16.5. The van der Waals surface area contributed by atoms with Crippen molar-refractivity contribution in [3.05, 3.63) is 0 Å². The molecule has 1 heterocycles. The van der Waals surface area contributed by atoms with Crippen LogP contribution in [0.2, 0.25) is 0 Å². The predicted molar refractivity (Wildman–Crippen MR) is 66.0 cm³/mol. The molecule has 1 aliphatic rings. The van der Waals surface area contributed by atoms with Gasteiger partial charge in [-0.25, -0.2) is 4.79 Å². The summed E-state index contributed by atoms with van der Waals surface area (Å²) in [5.41, 5.74) is -0.268. The number of carbonyl (C=O) groups excluding carboxylic acids is 2. The van der Waals surface area contributed by atoms with E-state index in [1.807, 2.05) is 20.8 Å². The molecule has 0 radical (unpaired) electrons. The van der Waals surface area contributed by atoms with Crippen LogP contribution >= 0.6 is 0 Å². The largest absolute Gasteiger partial charge is 0.467 e. The summed E-state index contributed by atoms with van der Waals surface area (Å²) in [6, 6.07) is -0.626. The Morgan fingerprint density at radius 2 is 2.00 bits per heavy atom. The van der Waals surface area contributed by atoms with E-state index < -0.39 is 12.0 Å². The van der Waals surface area contributed by atoms with Crippen molar-refractivity contribution in [3.8, 4) is 0 Å². The summed E-state index contributed by atoms with van der Waals surface area (Å²) in [7, 11) is 1.31. The first-order valence-corrected chi connectivity index (χ1v) is 6.10. The highest BCUT2D eigenvalue weighted by molar-refractivity contribution is 5.85. The number of hydrogen-bond donors (Lipinski definition) is 2. The van der Waals surface area contributed by atoms with E-state index in [1.54, 1.807) is 0 Å². The van der Waals surface area contributed by atoms with Gasteiger partial charge in [0, 0.05) is 13.1 Å². The van der Waals surface area contributed by atoms with Crippen LogP contribution in [0.4, 0.5) is 0 Å². The Balaban J connectivity index is 2.39. The van der Waals surface area contributed by atoms with Crippen LogP contribution in [0.5, 0.6) is 0 Å². The minimum atomic E-state index is -0.626. The Bertz CT molecular complexity index is 313. The summed E-state index contributed by atoms with van der Waals surface area (Å²) in [5.74, 6) is -0.760. The van der Waals surface area contributed by atoms with E-state index in [1.165, 1.54) is 7.11 Å². The average molecular weight is 258 g/mol. The molecule has 0 aromatic carbocycles. The molecule has 1 unspecified atom stereocenters. The SMILES string of the molecule is COC(=O)C(NC(=O)COC1(C)CNC1)C(C)C. The van der Waals surface area contributed by atoms with Gasteiger partial charge in [0.05, 0.1) is 12.7 Å². The maximum absolute atomic E-state index is 11.7. The van der Waals surface area contributed by atoms with Gasteiger partial charge in [0.25, 0.3) is 0 Å². The van der Waals surface area contributed by atoms with Crippen LogP contribution in [0.15, 0.2) is 0 Å². The van der Waals surface area contributed by atoms with Crippen molar-refractivity contribution in [2.45, 2.75) is 32.4 Å². The van der Waals surface area contributed by atoms with Gasteiger partial charge in [-0.1, -0.05) is 13.8 Å². The van der Waals surface area contributed by atoms with Crippen LogP contribution in [0.25, 0.3) is 0 Å². The van der Waals surface area contributed by atoms with Gasteiger partial charge in [0.1, 0.15) is 12.6 Å². The molecule has 0 spiro atoms. The van der Waals surface area contributed by atoms with Gasteiger partial charge < -0.3 is 20.1 Å². The second-order valence-electron chi connectivity index (χ2n) is 5.15. The molecule has 2 N–H and O–H groups in total. The molecule has 6 heteroatoms. The minimum absolute atomic E-state index is 0.0256. The van der Waals surface area contributed by atoms with Crippen molar-refractivity contribution >= 4 is 11.9 Å². The summed E-state index contributed by atoms with van der Waals surface area (Å²) in [4.78, 5) is 23.2. The van der Waals surface area contributed by atoms with E-state index in [9.17, 15) is 9.59 Å². The highest BCUT2D eigenvalue weighted by Gasteiger charge is 2.33. The fourth-order valence-electron chi connectivity index (χ4n) is 1.66. The lowest BCUT2D eigenvalue weighted by atomic mass is 10.0. The molecule has 1 saturated heterocycles. The predicted octanol–water partition coefficient (Wildman–Crippen LogP) is -0.321. The Morgan fingerprint density at radius 1 is 1.39 bits per heavy atom. The molecule has 0 aromatic heterocycles. The van der Waals surface area contributed by atoms with Gasteiger partial charge in [0.15, 0.2) is 0 Å². The third-order valence-corrected chi connectivity index (χ3v) is 2.99. The fourth-order valence-corrected chi connectivity index (χ4v) is 1.66. The lowest BCUT2D eigenvalue weighted by molar-refractivity contribution is -0.148. The smallest absolute Gasteiger partial charge is 0.328 e. The Labute approximate surface area is 107 Å². The molecule has 0 aromatic rings. The average Bonchev–Trinajstić information content (AvgIpc) is 2.29. The molecule has 1 rings (SSSR count). The van der Waals surface area contributed by atoms with Crippen LogP contribution < -0.4 is 10.6 Å². The van der Waals surface area contributed by atoms with Crippen molar-refractivity contribution in [3.63, 3.8) is 0 Å². The number of methoxy groups -OCH3 is 1. The van der Waals surface area contributed by atoms with Crippen LogP contribution in [-0.2, 0) is 19.1 Å². The van der Waals surface area contributed by atoms with Crippen molar-refractivity contribution in [2.24, 2.45) is 5.92 Å². The maximum atomic E-state index is 11.7. The maximum Gasteiger partial charge on any atom is 0.328 e. The molecule has 18 heavy (non-hydrogen) atoms. The molecule has 1 fully saturated rings. The summed E-state index contributed by atoms with van der Waals surface area (Å²) >= 11 is 0. The molecule has 1 aliphatic heterocycles. The van der Waals surface area contributed by atoms with Crippen LogP contribution in [0.3, 0.4) is 0 Å². The van der Waals surface area contributed by atoms with Gasteiger partial charge in [-0.05, 0) is 12.8 Å². The van der Waals surface area contributed by atoms with Crippen molar-refractivity contribution in [2.75, 3.05) is 26.8 Å². The molecule has 1 atom stereocenters. The zero-order chi connectivity index (χ0) is 13.8. The van der Waals surface area contributed by atoms with E-state index in [-0.39, 0.29) is 24.0 Å². The molecule has 104 valence electrons. The van der Waals surface area contributed by atoms with Crippen LogP contribution in [0.1, 0.15) is 20.8 Å². The van der Waals surface area contributed by atoms with E-state index in [0.717, 1.165) is 13.1 Å². The van der Waals surface area contributed by atoms with Crippen molar-refractivity contribution in [1.82, 2.24) is 10.6 Å². The minimum Gasteiger partial charge on any atom is -0.467 e. The van der Waals surface area contributed by atoms with E-state index in [2.05, 4.69) is 15.4 Å².